The van der Waals surface area contributed by atoms with Crippen LogP contribution in [0.4, 0.5) is 5.69 Å². The minimum absolute atomic E-state index is 0.104. The molecule has 2 aromatic rings. The number of carboxylic acids is 1. The zero-order valence-electron chi connectivity index (χ0n) is 13.1. The first-order valence-corrected chi connectivity index (χ1v) is 7.63. The van der Waals surface area contributed by atoms with Gasteiger partial charge in [0.2, 0.25) is 0 Å². The number of hydrogen-bond acceptors (Lipinski definition) is 6. The van der Waals surface area contributed by atoms with Gasteiger partial charge in [0.25, 0.3) is 11.6 Å². The zero-order chi connectivity index (χ0) is 18.0. The fraction of sp³-hybridized carbons (Fsp3) is 0.333. The van der Waals surface area contributed by atoms with Crippen LogP contribution in [0.5, 0.6) is 0 Å². The molecule has 1 amide bonds. The van der Waals surface area contributed by atoms with Gasteiger partial charge in [0, 0.05) is 24.7 Å². The molecular formula is C15H15N5O5. The smallest absolute Gasteiger partial charge is 0.308 e. The summed E-state index contributed by atoms with van der Waals surface area (Å²) >= 11 is 0. The van der Waals surface area contributed by atoms with Crippen LogP contribution in [0.1, 0.15) is 23.2 Å². The van der Waals surface area contributed by atoms with Gasteiger partial charge in [-0.25, -0.2) is 9.67 Å². The number of nitro groups is 1. The van der Waals surface area contributed by atoms with Gasteiger partial charge in [0.05, 0.1) is 10.8 Å². The van der Waals surface area contributed by atoms with E-state index in [4.69, 9.17) is 5.11 Å². The van der Waals surface area contributed by atoms with Crippen molar-refractivity contribution in [3.63, 3.8) is 0 Å². The first kappa shape index (κ1) is 16.6. The number of aliphatic carboxylic acids is 1. The lowest BCUT2D eigenvalue weighted by Crippen LogP contribution is -2.42. The second kappa shape index (κ2) is 6.67. The number of aromatic nitrogens is 3. The molecule has 1 aromatic carbocycles. The monoisotopic (exact) mass is 345 g/mol. The molecule has 2 heterocycles. The summed E-state index contributed by atoms with van der Waals surface area (Å²) in [5.74, 6) is -1.97. The Morgan fingerprint density at radius 1 is 1.36 bits per heavy atom. The number of nitro benzene ring substituents is 1. The number of carbonyl (C=O) groups excluding carboxylic acids is 1. The predicted molar refractivity (Wildman–Crippen MR) is 84.3 cm³/mol. The molecule has 1 fully saturated rings. The van der Waals surface area contributed by atoms with E-state index < -0.39 is 22.7 Å². The molecule has 0 aliphatic carbocycles. The molecule has 25 heavy (non-hydrogen) atoms. The average Bonchev–Trinajstić information content (AvgIpc) is 3.15. The number of piperidine rings is 1. The first-order chi connectivity index (χ1) is 12.0. The van der Waals surface area contributed by atoms with E-state index in [0.29, 0.717) is 19.4 Å². The second-order valence-electron chi connectivity index (χ2n) is 5.73. The van der Waals surface area contributed by atoms with Crippen LogP contribution in [0.15, 0.2) is 30.9 Å². The van der Waals surface area contributed by atoms with Gasteiger partial charge in [-0.05, 0) is 25.0 Å². The molecule has 0 spiro atoms. The Kier molecular flexibility index (Phi) is 4.42. The third kappa shape index (κ3) is 3.32. The number of amides is 1. The van der Waals surface area contributed by atoms with Gasteiger partial charge in [0.15, 0.2) is 0 Å². The Hall–Kier alpha value is -3.30. The number of carboxylic acid groups (broad SMARTS) is 1. The van der Waals surface area contributed by atoms with Crippen molar-refractivity contribution in [2.24, 2.45) is 5.92 Å². The minimum atomic E-state index is -0.940. The van der Waals surface area contributed by atoms with Crippen molar-refractivity contribution in [3.8, 4) is 5.69 Å². The Morgan fingerprint density at radius 3 is 2.80 bits per heavy atom. The fourth-order valence-corrected chi connectivity index (χ4v) is 2.87. The number of likely N-dealkylation sites (tertiary alicyclic amines) is 1. The third-order valence-electron chi connectivity index (χ3n) is 4.14. The van der Waals surface area contributed by atoms with Gasteiger partial charge < -0.3 is 10.0 Å². The summed E-state index contributed by atoms with van der Waals surface area (Å²) in [5.41, 5.74) is 0.0610. The highest BCUT2D eigenvalue weighted by molar-refractivity contribution is 5.95. The van der Waals surface area contributed by atoms with Crippen LogP contribution >= 0.6 is 0 Å². The summed E-state index contributed by atoms with van der Waals surface area (Å²) in [6.45, 7) is 0.536. The number of carbonyl (C=O) groups is 2. The number of benzene rings is 1. The van der Waals surface area contributed by atoms with E-state index in [2.05, 4.69) is 10.1 Å². The van der Waals surface area contributed by atoms with Crippen molar-refractivity contribution in [1.82, 2.24) is 19.7 Å². The highest BCUT2D eigenvalue weighted by Crippen LogP contribution is 2.25. The predicted octanol–water partition coefficient (Wildman–Crippen LogP) is 1.11. The van der Waals surface area contributed by atoms with Crippen molar-refractivity contribution in [3.05, 3.63) is 46.5 Å². The summed E-state index contributed by atoms with van der Waals surface area (Å²) in [5, 5.41) is 24.3. The van der Waals surface area contributed by atoms with Crippen LogP contribution in [0.25, 0.3) is 5.69 Å². The molecule has 130 valence electrons. The molecule has 0 radical (unpaired) electrons. The Morgan fingerprint density at radius 2 is 2.16 bits per heavy atom. The Bertz CT molecular complexity index is 820. The zero-order valence-corrected chi connectivity index (χ0v) is 13.1. The van der Waals surface area contributed by atoms with Crippen LogP contribution in [-0.2, 0) is 4.79 Å². The maximum Gasteiger partial charge on any atom is 0.308 e. The SMILES string of the molecule is O=C(O)C1CCCN(C(=O)c2ccc(-n3cncn3)c([N+](=O)[O-])c2)C1. The summed E-state index contributed by atoms with van der Waals surface area (Å²) in [4.78, 5) is 39.7. The molecule has 1 aromatic heterocycles. The molecule has 1 saturated heterocycles. The lowest BCUT2D eigenvalue weighted by Gasteiger charge is -2.30. The van der Waals surface area contributed by atoms with Crippen LogP contribution in [0.2, 0.25) is 0 Å². The number of rotatable bonds is 4. The largest absolute Gasteiger partial charge is 0.481 e. The van der Waals surface area contributed by atoms with Crippen molar-refractivity contribution >= 4 is 17.6 Å². The van der Waals surface area contributed by atoms with E-state index in [1.807, 2.05) is 0 Å². The van der Waals surface area contributed by atoms with E-state index in [0.717, 1.165) is 0 Å². The molecular weight excluding hydrogens is 330 g/mol. The normalized spacial score (nSPS) is 17.3. The molecule has 10 heteroatoms. The Balaban J connectivity index is 1.90. The van der Waals surface area contributed by atoms with Gasteiger partial charge in [-0.1, -0.05) is 0 Å². The molecule has 1 aliphatic rings. The summed E-state index contributed by atoms with van der Waals surface area (Å²) < 4.78 is 1.24. The maximum absolute atomic E-state index is 12.6. The number of hydrogen-bond donors (Lipinski definition) is 1. The number of nitrogens with zero attached hydrogens (tertiary/aromatic N) is 5. The lowest BCUT2D eigenvalue weighted by atomic mass is 9.97. The van der Waals surface area contributed by atoms with Crippen molar-refractivity contribution < 1.29 is 19.6 Å². The third-order valence-corrected chi connectivity index (χ3v) is 4.14. The quantitative estimate of drug-likeness (QED) is 0.648. The lowest BCUT2D eigenvalue weighted by molar-refractivity contribution is -0.384. The molecule has 1 unspecified atom stereocenters. The van der Waals surface area contributed by atoms with Crippen LogP contribution in [-0.4, -0.2) is 54.7 Å². The molecule has 1 atom stereocenters. The minimum Gasteiger partial charge on any atom is -0.481 e. The van der Waals surface area contributed by atoms with Crippen molar-refractivity contribution in [2.75, 3.05) is 13.1 Å². The topological polar surface area (TPSA) is 131 Å². The van der Waals surface area contributed by atoms with E-state index in [1.165, 1.54) is 40.4 Å². The maximum atomic E-state index is 12.6. The highest BCUT2D eigenvalue weighted by atomic mass is 16.6. The van der Waals surface area contributed by atoms with Gasteiger partial charge in [-0.2, -0.15) is 5.10 Å². The second-order valence-corrected chi connectivity index (χ2v) is 5.73. The van der Waals surface area contributed by atoms with E-state index in [1.54, 1.807) is 0 Å². The highest BCUT2D eigenvalue weighted by Gasteiger charge is 2.29. The summed E-state index contributed by atoms with van der Waals surface area (Å²) in [6.07, 6.45) is 3.68. The van der Waals surface area contributed by atoms with E-state index >= 15 is 0 Å². The molecule has 1 aliphatic heterocycles. The molecule has 10 nitrogen and oxygen atoms in total. The fourth-order valence-electron chi connectivity index (χ4n) is 2.87. The van der Waals surface area contributed by atoms with Crippen LogP contribution < -0.4 is 0 Å². The van der Waals surface area contributed by atoms with Crippen LogP contribution in [0, 0.1) is 16.0 Å². The van der Waals surface area contributed by atoms with Crippen LogP contribution in [0.3, 0.4) is 0 Å². The molecule has 3 rings (SSSR count). The molecule has 0 saturated carbocycles. The average molecular weight is 345 g/mol. The summed E-state index contributed by atoms with van der Waals surface area (Å²) in [7, 11) is 0. The molecule has 0 bridgehead atoms. The van der Waals surface area contributed by atoms with Gasteiger partial charge in [-0.15, -0.1) is 0 Å². The Labute approximate surface area is 141 Å². The van der Waals surface area contributed by atoms with Crippen molar-refractivity contribution in [2.45, 2.75) is 12.8 Å². The first-order valence-electron chi connectivity index (χ1n) is 7.63. The van der Waals surface area contributed by atoms with Crippen molar-refractivity contribution in [1.29, 1.82) is 0 Å². The van der Waals surface area contributed by atoms with E-state index in [9.17, 15) is 19.7 Å². The van der Waals surface area contributed by atoms with E-state index in [-0.39, 0.29) is 23.5 Å². The summed E-state index contributed by atoms with van der Waals surface area (Å²) in [6, 6.07) is 4.08. The standard InChI is InChI=1S/C15H15N5O5/c21-14(18-5-1-2-11(7-18)15(22)23)10-3-4-12(13(6-10)20(24)25)19-9-16-8-17-19/h3-4,6,8-9,11H,1-2,5,7H2,(H,22,23). The molecule has 1 N–H and O–H groups in total. The van der Waals surface area contributed by atoms with Gasteiger partial charge >= 0.3 is 5.97 Å². The van der Waals surface area contributed by atoms with Gasteiger partial charge in [-0.3, -0.25) is 19.7 Å². The van der Waals surface area contributed by atoms with Gasteiger partial charge in [0.1, 0.15) is 18.3 Å².